The molecule has 0 N–H and O–H groups in total. The second-order valence-electron chi connectivity index (χ2n) is 6.85. The molecule has 1 unspecified atom stereocenters. The van der Waals surface area contributed by atoms with Crippen LogP contribution in [-0.2, 0) is 6.54 Å². The molecule has 0 spiro atoms. The van der Waals surface area contributed by atoms with Crippen LogP contribution < -0.4 is 0 Å². The van der Waals surface area contributed by atoms with E-state index in [2.05, 4.69) is 44.0 Å². The van der Waals surface area contributed by atoms with E-state index in [4.69, 9.17) is 9.05 Å². The van der Waals surface area contributed by atoms with Gasteiger partial charge in [-0.2, -0.15) is 9.97 Å². The van der Waals surface area contributed by atoms with E-state index < -0.39 is 0 Å². The predicted octanol–water partition coefficient (Wildman–Crippen LogP) is 3.37. The minimum absolute atomic E-state index is 0.0916. The van der Waals surface area contributed by atoms with Crippen molar-refractivity contribution in [1.29, 1.82) is 0 Å². The Morgan fingerprint density at radius 3 is 2.85 bits per heavy atom. The maximum atomic E-state index is 5.53. The molecule has 1 aliphatic heterocycles. The molecule has 4 rings (SSSR count). The van der Waals surface area contributed by atoms with Crippen molar-refractivity contribution in [1.82, 2.24) is 30.2 Å². The first-order valence-corrected chi connectivity index (χ1v) is 9.02. The van der Waals surface area contributed by atoms with Crippen LogP contribution in [0.15, 0.2) is 33.4 Å². The van der Waals surface area contributed by atoms with Crippen molar-refractivity contribution in [2.24, 2.45) is 0 Å². The Kier molecular flexibility index (Phi) is 4.75. The number of aromatic nitrogens is 5. The third-order valence-electron chi connectivity index (χ3n) is 4.57. The van der Waals surface area contributed by atoms with E-state index >= 15 is 0 Å². The zero-order valence-corrected chi connectivity index (χ0v) is 15.0. The Morgan fingerprint density at radius 2 is 2.08 bits per heavy atom. The lowest BCUT2D eigenvalue weighted by atomic mass is 10.0. The second-order valence-corrected chi connectivity index (χ2v) is 6.85. The first-order chi connectivity index (χ1) is 12.7. The molecule has 8 heteroatoms. The molecule has 0 bridgehead atoms. The van der Waals surface area contributed by atoms with Crippen molar-refractivity contribution in [3.63, 3.8) is 0 Å². The highest BCUT2D eigenvalue weighted by molar-refractivity contribution is 5.46. The zero-order valence-electron chi connectivity index (χ0n) is 15.0. The highest BCUT2D eigenvalue weighted by Crippen LogP contribution is 2.31. The van der Waals surface area contributed by atoms with Crippen LogP contribution in [0.3, 0.4) is 0 Å². The lowest BCUT2D eigenvalue weighted by molar-refractivity contribution is 0.0986. The molecule has 0 aliphatic carbocycles. The average molecular weight is 354 g/mol. The monoisotopic (exact) mass is 354 g/mol. The van der Waals surface area contributed by atoms with Crippen molar-refractivity contribution >= 4 is 0 Å². The van der Waals surface area contributed by atoms with E-state index in [1.165, 1.54) is 0 Å². The van der Waals surface area contributed by atoms with E-state index in [-0.39, 0.29) is 12.0 Å². The fourth-order valence-corrected chi connectivity index (χ4v) is 3.17. The van der Waals surface area contributed by atoms with E-state index in [0.29, 0.717) is 29.8 Å². The first-order valence-electron chi connectivity index (χ1n) is 9.02. The molecule has 4 heterocycles. The minimum atomic E-state index is 0.0916. The molecule has 1 saturated heterocycles. The number of likely N-dealkylation sites (tertiary alicyclic amines) is 1. The summed E-state index contributed by atoms with van der Waals surface area (Å²) in [4.78, 5) is 15.6. The van der Waals surface area contributed by atoms with E-state index in [9.17, 15) is 0 Å². The number of piperidine rings is 1. The molecule has 0 amide bonds. The van der Waals surface area contributed by atoms with Crippen molar-refractivity contribution < 1.29 is 9.05 Å². The quantitative estimate of drug-likeness (QED) is 0.688. The van der Waals surface area contributed by atoms with Gasteiger partial charge in [0.15, 0.2) is 5.82 Å². The Bertz CT molecular complexity index is 844. The third kappa shape index (κ3) is 3.50. The molecule has 3 aromatic rings. The van der Waals surface area contributed by atoms with Gasteiger partial charge in [0.25, 0.3) is 0 Å². The van der Waals surface area contributed by atoms with Gasteiger partial charge in [-0.1, -0.05) is 36.6 Å². The van der Waals surface area contributed by atoms with Crippen LogP contribution in [0, 0.1) is 0 Å². The summed E-state index contributed by atoms with van der Waals surface area (Å²) in [5.41, 5.74) is 0.705. The summed E-state index contributed by atoms with van der Waals surface area (Å²) in [6.07, 6.45) is 4.97. The number of nitrogens with zero attached hydrogens (tertiary/aromatic N) is 6. The van der Waals surface area contributed by atoms with Crippen LogP contribution in [0.4, 0.5) is 0 Å². The molecule has 3 aromatic heterocycles. The maximum absolute atomic E-state index is 5.53. The summed E-state index contributed by atoms with van der Waals surface area (Å²) in [6, 6.07) is 5.72. The Morgan fingerprint density at radius 1 is 1.15 bits per heavy atom. The van der Waals surface area contributed by atoms with E-state index in [0.717, 1.165) is 31.6 Å². The maximum Gasteiger partial charge on any atom is 0.244 e. The molecule has 8 nitrogen and oxygen atoms in total. The molecule has 1 fully saturated rings. The van der Waals surface area contributed by atoms with Crippen LogP contribution in [0.5, 0.6) is 0 Å². The molecule has 26 heavy (non-hydrogen) atoms. The van der Waals surface area contributed by atoms with Crippen molar-refractivity contribution in [2.45, 2.75) is 51.6 Å². The van der Waals surface area contributed by atoms with Crippen LogP contribution in [0.2, 0.25) is 0 Å². The smallest absolute Gasteiger partial charge is 0.244 e. The van der Waals surface area contributed by atoms with Gasteiger partial charge in [0.05, 0.1) is 12.6 Å². The zero-order chi connectivity index (χ0) is 17.9. The van der Waals surface area contributed by atoms with Crippen molar-refractivity contribution in [3.05, 3.63) is 42.0 Å². The summed E-state index contributed by atoms with van der Waals surface area (Å²) in [6.45, 7) is 5.62. The fraction of sp³-hybridized carbons (Fsp3) is 0.500. The summed E-state index contributed by atoms with van der Waals surface area (Å²) < 4.78 is 11.0. The van der Waals surface area contributed by atoms with Gasteiger partial charge in [-0.3, -0.25) is 9.88 Å². The second kappa shape index (κ2) is 7.33. The normalized spacial score (nSPS) is 18.5. The van der Waals surface area contributed by atoms with Gasteiger partial charge >= 0.3 is 0 Å². The largest absolute Gasteiger partial charge is 0.338 e. The average Bonchev–Trinajstić information content (AvgIpc) is 3.33. The Balaban J connectivity index is 1.51. The van der Waals surface area contributed by atoms with Gasteiger partial charge in [-0.25, -0.2) is 0 Å². The molecular formula is C18H22N6O2. The van der Waals surface area contributed by atoms with Gasteiger partial charge in [-0.05, 0) is 31.5 Å². The number of hydrogen-bond acceptors (Lipinski definition) is 8. The molecule has 1 aliphatic rings. The fourth-order valence-electron chi connectivity index (χ4n) is 3.17. The predicted molar refractivity (Wildman–Crippen MR) is 92.9 cm³/mol. The number of rotatable bonds is 5. The van der Waals surface area contributed by atoms with Gasteiger partial charge in [0.1, 0.15) is 5.69 Å². The molecule has 0 radical (unpaired) electrons. The highest BCUT2D eigenvalue weighted by Gasteiger charge is 2.30. The van der Waals surface area contributed by atoms with Crippen molar-refractivity contribution in [3.8, 4) is 11.5 Å². The van der Waals surface area contributed by atoms with Crippen molar-refractivity contribution in [2.75, 3.05) is 6.54 Å². The third-order valence-corrected chi connectivity index (χ3v) is 4.57. The summed E-state index contributed by atoms with van der Waals surface area (Å²) >= 11 is 0. The molecule has 1 atom stereocenters. The summed E-state index contributed by atoms with van der Waals surface area (Å²) in [7, 11) is 0. The van der Waals surface area contributed by atoms with Crippen LogP contribution in [-0.4, -0.2) is 36.7 Å². The molecular weight excluding hydrogens is 332 g/mol. The van der Waals surface area contributed by atoms with Crippen LogP contribution >= 0.6 is 0 Å². The minimum Gasteiger partial charge on any atom is -0.338 e. The number of pyridine rings is 1. The van der Waals surface area contributed by atoms with Gasteiger partial charge < -0.3 is 9.05 Å². The Hall–Kier alpha value is -2.61. The molecule has 0 aromatic carbocycles. The van der Waals surface area contributed by atoms with Crippen LogP contribution in [0.25, 0.3) is 11.5 Å². The van der Waals surface area contributed by atoms with Crippen LogP contribution in [0.1, 0.15) is 62.7 Å². The SMILES string of the molecule is CC(C)c1noc(C2CCCCN2Cc2nc(-c3ccccn3)no2)n1. The highest BCUT2D eigenvalue weighted by atomic mass is 16.5. The van der Waals surface area contributed by atoms with E-state index in [1.807, 2.05) is 18.2 Å². The lowest BCUT2D eigenvalue weighted by Gasteiger charge is -2.31. The summed E-state index contributed by atoms with van der Waals surface area (Å²) in [5.74, 6) is 2.76. The topological polar surface area (TPSA) is 94.0 Å². The van der Waals surface area contributed by atoms with Gasteiger partial charge in [-0.15, -0.1) is 0 Å². The standard InChI is InChI=1S/C18H22N6O2/c1-12(2)16-21-18(26-22-16)14-8-4-6-10-24(14)11-15-20-17(23-25-15)13-7-3-5-9-19-13/h3,5,7,9,12,14H,4,6,8,10-11H2,1-2H3. The van der Waals surface area contributed by atoms with E-state index in [1.54, 1.807) is 6.20 Å². The lowest BCUT2D eigenvalue weighted by Crippen LogP contribution is -2.33. The summed E-state index contributed by atoms with van der Waals surface area (Å²) in [5, 5.41) is 8.15. The number of hydrogen-bond donors (Lipinski definition) is 0. The first kappa shape index (κ1) is 16.8. The van der Waals surface area contributed by atoms with Gasteiger partial charge in [0, 0.05) is 12.1 Å². The van der Waals surface area contributed by atoms with Gasteiger partial charge in [0.2, 0.25) is 17.6 Å². The molecule has 136 valence electrons. The Labute approximate surface area is 151 Å². The molecule has 0 saturated carbocycles.